The van der Waals surface area contributed by atoms with E-state index in [0.717, 1.165) is 125 Å². The van der Waals surface area contributed by atoms with Gasteiger partial charge in [0, 0.05) is 53.2 Å². The van der Waals surface area contributed by atoms with Gasteiger partial charge < -0.3 is 0 Å². The van der Waals surface area contributed by atoms with Crippen molar-refractivity contribution in [2.75, 3.05) is 10.7 Å². The predicted octanol–water partition coefficient (Wildman–Crippen LogP) is 14.4. The lowest BCUT2D eigenvalue weighted by molar-refractivity contribution is 0.0794. The van der Waals surface area contributed by atoms with E-state index >= 15 is 0 Å². The number of hydrogen-bond donors (Lipinski definition) is 0. The molecular weight excluding hydrogens is 1110 g/mol. The molecule has 0 saturated heterocycles. The monoisotopic (exact) mass is 1140 g/mol. The highest BCUT2D eigenvalue weighted by atomic mass is 79.9. The largest absolute Gasteiger partial charge is 0.294 e. The molecule has 1 spiro atoms. The van der Waals surface area contributed by atoms with E-state index in [2.05, 4.69) is 95.6 Å². The van der Waals surface area contributed by atoms with E-state index in [1.807, 2.05) is 54.6 Å². The number of aryl methyl sites for hydroxylation is 4. The molecule has 0 radical (unpaired) electrons. The van der Waals surface area contributed by atoms with Crippen LogP contribution in [0.2, 0.25) is 0 Å². The summed E-state index contributed by atoms with van der Waals surface area (Å²) in [7, 11) is 0. The number of halogens is 9. The van der Waals surface area contributed by atoms with Crippen LogP contribution in [0.1, 0.15) is 78.1 Å². The Morgan fingerprint density at radius 3 is 1.86 bits per heavy atom. The van der Waals surface area contributed by atoms with Gasteiger partial charge in [-0.2, -0.15) is 0 Å². The minimum absolute atomic E-state index is 0.112. The summed E-state index contributed by atoms with van der Waals surface area (Å²) in [4.78, 5) is 24.1. The number of hydrogen-bond acceptors (Lipinski definition) is 2. The zero-order valence-corrected chi connectivity index (χ0v) is 39.9. The standard InChI is InChI=1S/C18H14BrFO.2C9H9Br2F.C9H7BrO/c19-14-3-1-13-10-18(17(21)16(13)8-14)6-5-11-7-15(20)4-2-12(11)9-18;10-4-3-7-5-9(12)2-1-8(7)6-11;10-4-3-8-5-7(6-11)1-2-9(8)12;10-7-3-1-6-2-4-9(11)8(6)5-7/h1-4,7-8H,5-6,9-10H2;2*1-2,5H,3-4,6H2;1,3,5H,2,4H2. The van der Waals surface area contributed by atoms with Gasteiger partial charge in [0.15, 0.2) is 11.6 Å². The highest BCUT2D eigenvalue weighted by Crippen LogP contribution is 2.46. The molecule has 0 aromatic heterocycles. The fraction of sp³-hybridized carbons (Fsp3) is 0.289. The molecule has 294 valence electrons. The molecule has 1 atom stereocenters. The molecule has 5 aromatic carbocycles. The van der Waals surface area contributed by atoms with Crippen LogP contribution >= 0.6 is 95.6 Å². The average Bonchev–Trinajstić information content (AvgIpc) is 3.68. The van der Waals surface area contributed by atoms with Crippen molar-refractivity contribution in [3.8, 4) is 0 Å². The number of rotatable bonds is 6. The van der Waals surface area contributed by atoms with Crippen LogP contribution in [-0.2, 0) is 49.2 Å². The fourth-order valence-corrected chi connectivity index (χ4v) is 9.76. The van der Waals surface area contributed by atoms with Crippen LogP contribution in [0.3, 0.4) is 0 Å². The molecule has 5 aromatic rings. The van der Waals surface area contributed by atoms with Gasteiger partial charge >= 0.3 is 0 Å². The van der Waals surface area contributed by atoms with Crippen molar-refractivity contribution in [2.24, 2.45) is 5.41 Å². The number of benzene rings is 5. The smallest absolute Gasteiger partial charge is 0.169 e. The molecule has 3 aliphatic carbocycles. The zero-order valence-electron chi connectivity index (χ0n) is 30.4. The van der Waals surface area contributed by atoms with Crippen LogP contribution in [0, 0.1) is 22.9 Å². The van der Waals surface area contributed by atoms with Crippen LogP contribution < -0.4 is 0 Å². The number of carbonyl (C=O) groups excluding carboxylic acids is 2. The third-order valence-corrected chi connectivity index (χ3v) is 13.2. The summed E-state index contributed by atoms with van der Waals surface area (Å²) in [5.74, 6) is 0.0829. The van der Waals surface area contributed by atoms with E-state index in [4.69, 9.17) is 0 Å². The van der Waals surface area contributed by atoms with Crippen molar-refractivity contribution in [3.63, 3.8) is 0 Å². The number of ketones is 2. The Kier molecular flexibility index (Phi) is 17.3. The number of Topliss-reactive ketones (excluding diaryl/α,β-unsaturated/α-hetero) is 2. The third kappa shape index (κ3) is 11.6. The normalized spacial score (nSPS) is 16.1. The fourth-order valence-electron chi connectivity index (χ4n) is 7.29. The Balaban J connectivity index is 0.000000150. The van der Waals surface area contributed by atoms with Gasteiger partial charge in [0.25, 0.3) is 0 Å². The molecule has 0 fully saturated rings. The molecule has 0 saturated carbocycles. The Morgan fingerprint density at radius 1 is 0.536 bits per heavy atom. The summed E-state index contributed by atoms with van der Waals surface area (Å²) >= 11 is 20.1. The van der Waals surface area contributed by atoms with E-state index in [0.29, 0.717) is 6.42 Å². The molecular formula is C45H39Br6F3O2. The van der Waals surface area contributed by atoms with E-state index in [9.17, 15) is 22.8 Å². The summed E-state index contributed by atoms with van der Waals surface area (Å²) in [6.07, 6.45) is 6.36. The van der Waals surface area contributed by atoms with E-state index in [1.54, 1.807) is 18.2 Å². The first-order valence-electron chi connectivity index (χ1n) is 18.1. The summed E-state index contributed by atoms with van der Waals surface area (Å²) < 4.78 is 41.1. The maximum absolute atomic E-state index is 13.3. The van der Waals surface area contributed by atoms with Gasteiger partial charge in [0.1, 0.15) is 17.5 Å². The number of alkyl halides is 4. The van der Waals surface area contributed by atoms with Gasteiger partial charge in [-0.3, -0.25) is 9.59 Å². The summed E-state index contributed by atoms with van der Waals surface area (Å²) in [5, 5.41) is 3.24. The molecule has 0 N–H and O–H groups in total. The van der Waals surface area contributed by atoms with E-state index in [-0.39, 0.29) is 34.4 Å². The molecule has 1 unspecified atom stereocenters. The second-order valence-electron chi connectivity index (χ2n) is 13.9. The maximum Gasteiger partial charge on any atom is 0.169 e. The van der Waals surface area contributed by atoms with Crippen LogP contribution in [0.15, 0.2) is 99.9 Å². The molecule has 2 nitrogen and oxygen atoms in total. The maximum atomic E-state index is 13.3. The van der Waals surface area contributed by atoms with Crippen molar-refractivity contribution < 1.29 is 22.8 Å². The highest BCUT2D eigenvalue weighted by molar-refractivity contribution is 9.11. The molecule has 11 heteroatoms. The van der Waals surface area contributed by atoms with Gasteiger partial charge in [0.2, 0.25) is 0 Å². The summed E-state index contributed by atoms with van der Waals surface area (Å²) in [6.45, 7) is 0. The lowest BCUT2D eigenvalue weighted by atomic mass is 9.69. The second-order valence-corrected chi connectivity index (χ2v) is 18.4. The lowest BCUT2D eigenvalue weighted by Gasteiger charge is -2.33. The van der Waals surface area contributed by atoms with Crippen molar-refractivity contribution in [2.45, 2.75) is 62.0 Å². The zero-order chi connectivity index (χ0) is 40.4. The summed E-state index contributed by atoms with van der Waals surface area (Å²) in [5.41, 5.74) is 10.1. The first kappa shape index (κ1) is 45.2. The lowest BCUT2D eigenvalue weighted by Crippen LogP contribution is -2.34. The molecule has 56 heavy (non-hydrogen) atoms. The first-order valence-corrected chi connectivity index (χ1v) is 24.2. The predicted molar refractivity (Wildman–Crippen MR) is 243 cm³/mol. The molecule has 0 amide bonds. The number of carbonyl (C=O) groups is 2. The van der Waals surface area contributed by atoms with Crippen LogP contribution in [0.4, 0.5) is 13.2 Å². The van der Waals surface area contributed by atoms with Gasteiger partial charge in [-0.15, -0.1) is 0 Å². The highest BCUT2D eigenvalue weighted by Gasteiger charge is 2.47. The minimum Gasteiger partial charge on any atom is -0.294 e. The second kappa shape index (κ2) is 21.4. The Morgan fingerprint density at radius 2 is 1.16 bits per heavy atom. The van der Waals surface area contributed by atoms with Crippen molar-refractivity contribution >= 4 is 107 Å². The molecule has 0 bridgehead atoms. The minimum atomic E-state index is -0.312. The molecule has 3 aliphatic rings. The van der Waals surface area contributed by atoms with E-state index in [1.165, 1.54) is 23.8 Å². The number of fused-ring (bicyclic) bond motifs is 3. The Bertz CT molecular complexity index is 2190. The topological polar surface area (TPSA) is 34.1 Å². The van der Waals surface area contributed by atoms with Crippen molar-refractivity contribution in [1.82, 2.24) is 0 Å². The van der Waals surface area contributed by atoms with Gasteiger partial charge in [-0.25, -0.2) is 13.2 Å². The quantitative estimate of drug-likeness (QED) is 0.159. The SMILES string of the molecule is Fc1ccc(CBr)c(CCBr)c1.Fc1ccc(CBr)cc1CCBr.O=C1CCc2ccc(Br)cc21.O=C1c2cc(Br)ccc2CC12CCc1cc(F)ccc1C2. The van der Waals surface area contributed by atoms with Crippen molar-refractivity contribution in [3.05, 3.63) is 173 Å². The van der Waals surface area contributed by atoms with Gasteiger partial charge in [-0.1, -0.05) is 132 Å². The third-order valence-electron chi connectivity index (χ3n) is 10.2. The van der Waals surface area contributed by atoms with Crippen molar-refractivity contribution in [1.29, 1.82) is 0 Å². The molecule has 8 rings (SSSR count). The van der Waals surface area contributed by atoms with Crippen LogP contribution in [0.5, 0.6) is 0 Å². The van der Waals surface area contributed by atoms with Gasteiger partial charge in [0.05, 0.1) is 0 Å². The summed E-state index contributed by atoms with van der Waals surface area (Å²) in [6, 6.07) is 27.0. The van der Waals surface area contributed by atoms with E-state index < -0.39 is 0 Å². The van der Waals surface area contributed by atoms with Crippen LogP contribution in [-0.4, -0.2) is 22.2 Å². The van der Waals surface area contributed by atoms with Gasteiger partial charge in [-0.05, 0) is 144 Å². The molecule has 0 heterocycles. The molecule has 0 aliphatic heterocycles. The Hall–Kier alpha value is -1.89. The first-order chi connectivity index (χ1) is 26.9. The Labute approximate surface area is 377 Å². The average molecular weight is 1150 g/mol. The van der Waals surface area contributed by atoms with Crippen LogP contribution in [0.25, 0.3) is 0 Å².